The normalized spacial score (nSPS) is 14.7. The first-order chi connectivity index (χ1) is 16.7. The number of nitrogens with zero attached hydrogens (tertiary/aromatic N) is 3. The van der Waals surface area contributed by atoms with Crippen molar-refractivity contribution < 1.29 is 9.53 Å². The van der Waals surface area contributed by atoms with Gasteiger partial charge in [-0.25, -0.2) is 4.98 Å². The fourth-order valence-electron chi connectivity index (χ4n) is 4.67. The van der Waals surface area contributed by atoms with Crippen LogP contribution in [0.5, 0.6) is 5.88 Å². The number of carbonyl (C=O) groups excluding carboxylic acids is 1. The number of carbonyl (C=O) groups is 1. The number of H-pyrrole nitrogens is 1. The minimum atomic E-state index is 0.125. The van der Waals surface area contributed by atoms with Gasteiger partial charge in [0.15, 0.2) is 5.65 Å². The second-order valence-corrected chi connectivity index (χ2v) is 9.33. The molecular formula is C26H36N6O2. The fraction of sp³-hybridized carbons (Fsp3) is 0.538. The van der Waals surface area contributed by atoms with Crippen LogP contribution in [0, 0.1) is 5.92 Å². The largest absolute Gasteiger partial charge is 0.471 e. The number of imidazole rings is 1. The molecule has 0 atom stereocenters. The Balaban J connectivity index is 1.12. The lowest BCUT2D eigenvalue weighted by Crippen LogP contribution is -2.22. The lowest BCUT2D eigenvalue weighted by Gasteiger charge is -2.13. The second-order valence-electron chi connectivity index (χ2n) is 9.33. The number of nitrogens with one attached hydrogen (secondary N) is 2. The van der Waals surface area contributed by atoms with Crippen LogP contribution in [-0.2, 0) is 17.9 Å². The van der Waals surface area contributed by atoms with E-state index in [0.717, 1.165) is 29.9 Å². The first-order valence-corrected chi connectivity index (χ1v) is 12.6. The van der Waals surface area contributed by atoms with Crippen molar-refractivity contribution in [1.29, 1.82) is 0 Å². The van der Waals surface area contributed by atoms with E-state index >= 15 is 0 Å². The highest BCUT2D eigenvalue weighted by atomic mass is 16.5. The van der Waals surface area contributed by atoms with Gasteiger partial charge in [-0.15, -0.1) is 0 Å². The average molecular weight is 465 g/mol. The Labute approximate surface area is 201 Å². The number of anilines is 1. The minimum Gasteiger partial charge on any atom is -0.471 e. The summed E-state index contributed by atoms with van der Waals surface area (Å²) >= 11 is 0. The highest BCUT2D eigenvalue weighted by molar-refractivity contribution is 5.76. The quantitative estimate of drug-likeness (QED) is 0.270. The standard InChI is InChI=1S/C26H36N6O2/c27-26-31-24-23(29-18-30-24)25(32-26)34-17-21-14-12-20(13-15-21)16-28-22(33)11-7-3-6-10-19-8-4-1-2-5-9-19/h12-15,18-19H,1-11,16-17H2,(H,28,33)(H3,27,29,30,31,32). The molecule has 182 valence electrons. The lowest BCUT2D eigenvalue weighted by atomic mass is 9.93. The van der Waals surface area contributed by atoms with Crippen LogP contribution >= 0.6 is 0 Å². The molecule has 34 heavy (non-hydrogen) atoms. The van der Waals surface area contributed by atoms with Crippen LogP contribution < -0.4 is 15.8 Å². The van der Waals surface area contributed by atoms with Gasteiger partial charge in [-0.1, -0.05) is 82.1 Å². The fourth-order valence-corrected chi connectivity index (χ4v) is 4.67. The zero-order chi connectivity index (χ0) is 23.6. The van der Waals surface area contributed by atoms with Gasteiger partial charge < -0.3 is 20.8 Å². The highest BCUT2D eigenvalue weighted by Gasteiger charge is 2.12. The van der Waals surface area contributed by atoms with Gasteiger partial charge in [0, 0.05) is 13.0 Å². The predicted molar refractivity (Wildman–Crippen MR) is 133 cm³/mol. The van der Waals surface area contributed by atoms with Crippen molar-refractivity contribution in [3.05, 3.63) is 41.7 Å². The van der Waals surface area contributed by atoms with Crippen molar-refractivity contribution in [3.63, 3.8) is 0 Å². The second kappa shape index (κ2) is 12.3. The van der Waals surface area contributed by atoms with Crippen molar-refractivity contribution in [2.75, 3.05) is 5.73 Å². The van der Waals surface area contributed by atoms with Crippen LogP contribution in [0.4, 0.5) is 5.95 Å². The van der Waals surface area contributed by atoms with E-state index in [0.29, 0.717) is 36.6 Å². The third kappa shape index (κ3) is 7.17. The molecule has 8 heteroatoms. The number of rotatable bonds is 11. The highest BCUT2D eigenvalue weighted by Crippen LogP contribution is 2.27. The third-order valence-electron chi connectivity index (χ3n) is 6.65. The Kier molecular flexibility index (Phi) is 8.71. The van der Waals surface area contributed by atoms with E-state index in [1.54, 1.807) is 0 Å². The topological polar surface area (TPSA) is 119 Å². The summed E-state index contributed by atoms with van der Waals surface area (Å²) in [5.41, 5.74) is 8.88. The summed E-state index contributed by atoms with van der Waals surface area (Å²) in [7, 11) is 0. The van der Waals surface area contributed by atoms with E-state index in [4.69, 9.17) is 10.5 Å². The molecule has 3 aromatic rings. The van der Waals surface area contributed by atoms with Crippen LogP contribution in [0.1, 0.15) is 81.8 Å². The molecule has 1 aliphatic rings. The number of amides is 1. The van der Waals surface area contributed by atoms with Gasteiger partial charge in [-0.3, -0.25) is 4.79 Å². The van der Waals surface area contributed by atoms with Crippen molar-refractivity contribution in [3.8, 4) is 5.88 Å². The maximum absolute atomic E-state index is 12.2. The smallest absolute Gasteiger partial charge is 0.245 e. The Hall–Kier alpha value is -3.16. The number of hydrogen-bond acceptors (Lipinski definition) is 6. The molecule has 4 N–H and O–H groups in total. The molecule has 0 bridgehead atoms. The minimum absolute atomic E-state index is 0.125. The maximum Gasteiger partial charge on any atom is 0.245 e. The molecule has 8 nitrogen and oxygen atoms in total. The number of aromatic nitrogens is 4. The Bertz CT molecular complexity index is 1040. The van der Waals surface area contributed by atoms with Crippen molar-refractivity contribution in [2.24, 2.45) is 5.92 Å². The van der Waals surface area contributed by atoms with Gasteiger partial charge in [0.05, 0.1) is 6.33 Å². The van der Waals surface area contributed by atoms with Gasteiger partial charge >= 0.3 is 0 Å². The van der Waals surface area contributed by atoms with Gasteiger partial charge in [-0.2, -0.15) is 9.97 Å². The summed E-state index contributed by atoms with van der Waals surface area (Å²) in [6.07, 6.45) is 15.4. The molecule has 2 heterocycles. The zero-order valence-electron chi connectivity index (χ0n) is 19.9. The van der Waals surface area contributed by atoms with Gasteiger partial charge in [-0.05, 0) is 23.5 Å². The van der Waals surface area contributed by atoms with Gasteiger partial charge in [0.2, 0.25) is 17.7 Å². The number of unbranched alkanes of at least 4 members (excludes halogenated alkanes) is 2. The maximum atomic E-state index is 12.2. The molecule has 1 amide bonds. The first-order valence-electron chi connectivity index (χ1n) is 12.6. The molecule has 0 spiro atoms. The van der Waals surface area contributed by atoms with E-state index in [1.807, 2.05) is 24.3 Å². The number of fused-ring (bicyclic) bond motifs is 1. The van der Waals surface area contributed by atoms with E-state index in [9.17, 15) is 4.79 Å². The number of nitrogens with two attached hydrogens (primary N) is 1. The van der Waals surface area contributed by atoms with Crippen LogP contribution in [-0.4, -0.2) is 25.8 Å². The van der Waals surface area contributed by atoms with Crippen LogP contribution in [0.25, 0.3) is 11.2 Å². The summed E-state index contributed by atoms with van der Waals surface area (Å²) in [6, 6.07) is 7.99. The van der Waals surface area contributed by atoms with Gasteiger partial charge in [0.1, 0.15) is 12.1 Å². The molecule has 2 aromatic heterocycles. The first kappa shape index (κ1) is 24.0. The number of aromatic amines is 1. The number of ether oxygens (including phenoxy) is 1. The van der Waals surface area contributed by atoms with E-state index in [2.05, 4.69) is 25.3 Å². The van der Waals surface area contributed by atoms with Crippen molar-refractivity contribution >= 4 is 23.0 Å². The summed E-state index contributed by atoms with van der Waals surface area (Å²) in [5, 5.41) is 3.04. The van der Waals surface area contributed by atoms with Crippen LogP contribution in [0.2, 0.25) is 0 Å². The van der Waals surface area contributed by atoms with Crippen LogP contribution in [0.3, 0.4) is 0 Å². The molecule has 0 radical (unpaired) electrons. The number of benzene rings is 1. The summed E-state index contributed by atoms with van der Waals surface area (Å²) < 4.78 is 5.82. The molecule has 0 saturated heterocycles. The SMILES string of the molecule is Nc1nc(OCc2ccc(CNC(=O)CCCCCC3CCCCCC3)cc2)c2[nH]cnc2n1. The Morgan fingerprint density at radius 1 is 1.03 bits per heavy atom. The summed E-state index contributed by atoms with van der Waals surface area (Å²) in [4.78, 5) is 27.5. The molecule has 0 aliphatic heterocycles. The molecule has 1 saturated carbocycles. The average Bonchev–Trinajstić information content (AvgIpc) is 3.16. The van der Waals surface area contributed by atoms with Crippen molar-refractivity contribution in [2.45, 2.75) is 83.8 Å². The zero-order valence-corrected chi connectivity index (χ0v) is 19.9. The summed E-state index contributed by atoms with van der Waals surface area (Å²) in [6.45, 7) is 0.886. The lowest BCUT2D eigenvalue weighted by molar-refractivity contribution is -0.121. The van der Waals surface area contributed by atoms with Gasteiger partial charge in [0.25, 0.3) is 0 Å². The molecule has 4 rings (SSSR count). The number of nitrogen functional groups attached to an aromatic ring is 1. The van der Waals surface area contributed by atoms with Crippen molar-refractivity contribution in [1.82, 2.24) is 25.3 Å². The summed E-state index contributed by atoms with van der Waals surface area (Å²) in [5.74, 6) is 1.56. The molecule has 1 aromatic carbocycles. The molecular weight excluding hydrogens is 428 g/mol. The van der Waals surface area contributed by atoms with Crippen LogP contribution in [0.15, 0.2) is 30.6 Å². The molecule has 0 unspecified atom stereocenters. The van der Waals surface area contributed by atoms with E-state index < -0.39 is 0 Å². The van der Waals surface area contributed by atoms with E-state index in [-0.39, 0.29) is 11.9 Å². The predicted octanol–water partition coefficient (Wildman–Crippen LogP) is 5.05. The Morgan fingerprint density at radius 3 is 2.59 bits per heavy atom. The monoisotopic (exact) mass is 464 g/mol. The molecule has 1 fully saturated rings. The van der Waals surface area contributed by atoms with E-state index in [1.165, 1.54) is 57.7 Å². The number of hydrogen-bond donors (Lipinski definition) is 3. The Morgan fingerprint density at radius 2 is 1.79 bits per heavy atom. The third-order valence-corrected chi connectivity index (χ3v) is 6.65. The molecule has 1 aliphatic carbocycles.